The highest BCUT2D eigenvalue weighted by atomic mass is 35.5. The lowest BCUT2D eigenvalue weighted by atomic mass is 10.1. The fourth-order valence-corrected chi connectivity index (χ4v) is 1.97. The van der Waals surface area contributed by atoms with Crippen LogP contribution >= 0.6 is 11.6 Å². The molecule has 2 N–H and O–H groups in total. The average Bonchev–Trinajstić information content (AvgIpc) is 3.00. The van der Waals surface area contributed by atoms with Gasteiger partial charge < -0.3 is 10.3 Å². The molecule has 0 atom stereocenters. The van der Waals surface area contributed by atoms with Crippen LogP contribution in [0.5, 0.6) is 0 Å². The van der Waals surface area contributed by atoms with Crippen molar-refractivity contribution < 1.29 is 0 Å². The van der Waals surface area contributed by atoms with E-state index in [2.05, 4.69) is 25.3 Å². The zero-order valence-electron chi connectivity index (χ0n) is 10.5. The number of hydrogen-bond donors (Lipinski definition) is 2. The van der Waals surface area contributed by atoms with Crippen molar-refractivity contribution in [3.05, 3.63) is 59.8 Å². The number of nitrogens with zero attached hydrogens (tertiary/aromatic N) is 3. The van der Waals surface area contributed by atoms with E-state index in [1.165, 1.54) is 6.33 Å². The van der Waals surface area contributed by atoms with E-state index in [1.54, 1.807) is 12.3 Å². The third kappa shape index (κ3) is 2.95. The van der Waals surface area contributed by atoms with Gasteiger partial charge in [0.05, 0.1) is 0 Å². The van der Waals surface area contributed by atoms with Crippen molar-refractivity contribution in [3.8, 4) is 11.4 Å². The predicted molar refractivity (Wildman–Crippen MR) is 78.4 cm³/mol. The monoisotopic (exact) mass is 285 g/mol. The van der Waals surface area contributed by atoms with Gasteiger partial charge in [0.25, 0.3) is 0 Å². The molecule has 0 fully saturated rings. The molecule has 0 amide bonds. The summed E-state index contributed by atoms with van der Waals surface area (Å²) in [6, 6.07) is 9.85. The molecule has 0 saturated carbocycles. The Balaban J connectivity index is 1.67. The third-order valence-electron chi connectivity index (χ3n) is 2.83. The smallest absolute Gasteiger partial charge is 0.137 e. The number of aromatic nitrogens is 4. The van der Waals surface area contributed by atoms with Crippen molar-refractivity contribution in [2.45, 2.75) is 6.54 Å². The molecule has 0 spiro atoms. The quantitative estimate of drug-likeness (QED) is 0.723. The van der Waals surface area contributed by atoms with Crippen LogP contribution in [0.1, 0.15) is 5.56 Å². The number of nitrogens with one attached hydrogen (secondary N) is 2. The van der Waals surface area contributed by atoms with E-state index in [9.17, 15) is 0 Å². The summed E-state index contributed by atoms with van der Waals surface area (Å²) in [5, 5.41) is 3.62. The van der Waals surface area contributed by atoms with Crippen LogP contribution in [-0.2, 0) is 6.54 Å². The van der Waals surface area contributed by atoms with Crippen molar-refractivity contribution in [3.63, 3.8) is 0 Å². The Morgan fingerprint density at radius 3 is 2.65 bits per heavy atom. The number of imidazole rings is 1. The molecule has 0 saturated heterocycles. The van der Waals surface area contributed by atoms with Crippen molar-refractivity contribution >= 4 is 17.4 Å². The highest BCUT2D eigenvalue weighted by molar-refractivity contribution is 6.29. The van der Waals surface area contributed by atoms with Gasteiger partial charge in [0, 0.05) is 30.6 Å². The summed E-state index contributed by atoms with van der Waals surface area (Å²) >= 11 is 5.80. The number of H-pyrrole nitrogens is 1. The number of hydrogen-bond acceptors (Lipinski definition) is 4. The lowest BCUT2D eigenvalue weighted by Gasteiger charge is -2.06. The molecule has 20 heavy (non-hydrogen) atoms. The van der Waals surface area contributed by atoms with Gasteiger partial charge in [0.2, 0.25) is 0 Å². The second-order valence-corrected chi connectivity index (χ2v) is 4.60. The highest BCUT2D eigenvalue weighted by Gasteiger charge is 2.00. The van der Waals surface area contributed by atoms with Crippen molar-refractivity contribution in [2.24, 2.45) is 0 Å². The van der Waals surface area contributed by atoms with Crippen LogP contribution in [0, 0.1) is 0 Å². The van der Waals surface area contributed by atoms with Gasteiger partial charge in [0.1, 0.15) is 23.1 Å². The summed E-state index contributed by atoms with van der Waals surface area (Å²) in [6.07, 6.45) is 4.98. The first-order chi connectivity index (χ1) is 9.81. The number of aromatic amines is 1. The van der Waals surface area contributed by atoms with Crippen LogP contribution in [0.3, 0.4) is 0 Å². The van der Waals surface area contributed by atoms with Crippen LogP contribution < -0.4 is 5.32 Å². The maximum absolute atomic E-state index is 5.80. The summed E-state index contributed by atoms with van der Waals surface area (Å²) < 4.78 is 0. The maximum atomic E-state index is 5.80. The fraction of sp³-hybridized carbons (Fsp3) is 0.0714. The Morgan fingerprint density at radius 2 is 1.95 bits per heavy atom. The maximum Gasteiger partial charge on any atom is 0.137 e. The number of anilines is 1. The van der Waals surface area contributed by atoms with Crippen LogP contribution in [0.2, 0.25) is 5.15 Å². The molecule has 3 aromatic rings. The largest absolute Gasteiger partial charge is 0.366 e. The first kappa shape index (κ1) is 12.6. The minimum atomic E-state index is 0.427. The zero-order valence-corrected chi connectivity index (χ0v) is 11.3. The van der Waals surface area contributed by atoms with Gasteiger partial charge in [-0.3, -0.25) is 0 Å². The summed E-state index contributed by atoms with van der Waals surface area (Å²) in [6.45, 7) is 0.672. The van der Waals surface area contributed by atoms with E-state index in [1.807, 2.05) is 30.5 Å². The van der Waals surface area contributed by atoms with Gasteiger partial charge in [-0.15, -0.1) is 0 Å². The molecular formula is C14H12ClN5. The molecule has 6 heteroatoms. The number of halogens is 1. The first-order valence-electron chi connectivity index (χ1n) is 6.11. The lowest BCUT2D eigenvalue weighted by molar-refractivity contribution is 1.08. The van der Waals surface area contributed by atoms with Crippen molar-refractivity contribution in [1.29, 1.82) is 0 Å². The molecule has 3 rings (SSSR count). The summed E-state index contributed by atoms with van der Waals surface area (Å²) in [7, 11) is 0. The Kier molecular flexibility index (Phi) is 3.60. The van der Waals surface area contributed by atoms with E-state index in [-0.39, 0.29) is 0 Å². The van der Waals surface area contributed by atoms with E-state index in [4.69, 9.17) is 11.6 Å². The van der Waals surface area contributed by atoms with E-state index < -0.39 is 0 Å². The Labute approximate surface area is 121 Å². The molecule has 0 radical (unpaired) electrons. The molecule has 0 unspecified atom stereocenters. The lowest BCUT2D eigenvalue weighted by Crippen LogP contribution is -2.01. The number of rotatable bonds is 4. The van der Waals surface area contributed by atoms with E-state index >= 15 is 0 Å². The molecule has 2 heterocycles. The molecule has 1 aromatic carbocycles. The molecular weight excluding hydrogens is 274 g/mol. The minimum Gasteiger partial charge on any atom is -0.366 e. The van der Waals surface area contributed by atoms with E-state index in [0.29, 0.717) is 17.5 Å². The van der Waals surface area contributed by atoms with Gasteiger partial charge in [-0.1, -0.05) is 35.9 Å². The predicted octanol–water partition coefficient (Wildman–Crippen LogP) is 3.13. The van der Waals surface area contributed by atoms with Gasteiger partial charge in [-0.25, -0.2) is 15.0 Å². The summed E-state index contributed by atoms with van der Waals surface area (Å²) in [5.74, 6) is 1.58. The zero-order chi connectivity index (χ0) is 13.8. The van der Waals surface area contributed by atoms with Crippen molar-refractivity contribution in [1.82, 2.24) is 19.9 Å². The van der Waals surface area contributed by atoms with Gasteiger partial charge in [0.15, 0.2) is 0 Å². The topological polar surface area (TPSA) is 66.5 Å². The highest BCUT2D eigenvalue weighted by Crippen LogP contribution is 2.16. The molecule has 0 aliphatic carbocycles. The molecule has 0 aliphatic rings. The number of benzene rings is 1. The van der Waals surface area contributed by atoms with Crippen LogP contribution in [0.25, 0.3) is 11.4 Å². The van der Waals surface area contributed by atoms with Gasteiger partial charge in [-0.05, 0) is 5.56 Å². The van der Waals surface area contributed by atoms with Crippen LogP contribution in [0.4, 0.5) is 5.82 Å². The molecule has 0 aliphatic heterocycles. The normalized spacial score (nSPS) is 10.4. The van der Waals surface area contributed by atoms with Crippen molar-refractivity contribution in [2.75, 3.05) is 5.32 Å². The third-order valence-corrected chi connectivity index (χ3v) is 3.04. The molecule has 5 nitrogen and oxygen atoms in total. The standard InChI is InChI=1S/C14H12ClN5/c15-12-7-13(20-9-19-12)18-8-10-1-3-11(4-2-10)14-16-5-6-17-14/h1-7,9H,8H2,(H,16,17)(H,18,19,20). The van der Waals surface area contributed by atoms with Crippen LogP contribution in [0.15, 0.2) is 49.1 Å². The molecule has 0 bridgehead atoms. The first-order valence-corrected chi connectivity index (χ1v) is 6.49. The second kappa shape index (κ2) is 5.71. The summed E-state index contributed by atoms with van der Waals surface area (Å²) in [5.41, 5.74) is 2.21. The van der Waals surface area contributed by atoms with Gasteiger partial charge in [-0.2, -0.15) is 0 Å². The van der Waals surface area contributed by atoms with E-state index in [0.717, 1.165) is 17.0 Å². The Morgan fingerprint density at radius 1 is 1.10 bits per heavy atom. The average molecular weight is 286 g/mol. The summed E-state index contributed by atoms with van der Waals surface area (Å²) in [4.78, 5) is 15.2. The molecule has 100 valence electrons. The Hall–Kier alpha value is -2.40. The van der Waals surface area contributed by atoms with Crippen LogP contribution in [-0.4, -0.2) is 19.9 Å². The minimum absolute atomic E-state index is 0.427. The fourth-order valence-electron chi connectivity index (χ4n) is 1.83. The molecule has 2 aromatic heterocycles. The Bertz CT molecular complexity index is 679. The second-order valence-electron chi connectivity index (χ2n) is 4.21. The van der Waals surface area contributed by atoms with Gasteiger partial charge >= 0.3 is 0 Å². The SMILES string of the molecule is Clc1cc(NCc2ccc(-c3ncc[nH]3)cc2)ncn1.